The van der Waals surface area contributed by atoms with Crippen LogP contribution in [-0.2, 0) is 0 Å². The molecular formula is C13H24F3N. The van der Waals surface area contributed by atoms with E-state index in [0.29, 0.717) is 18.9 Å². The summed E-state index contributed by atoms with van der Waals surface area (Å²) in [5.74, 6) is -1.09. The normalized spacial score (nSPS) is 28.1. The number of alkyl halides is 3. The molecule has 0 saturated heterocycles. The largest absolute Gasteiger partial charge is 0.391 e. The Balaban J connectivity index is 2.34. The molecule has 1 N–H and O–H groups in total. The van der Waals surface area contributed by atoms with Crippen molar-refractivity contribution in [1.29, 1.82) is 0 Å². The predicted molar refractivity (Wildman–Crippen MR) is 63.9 cm³/mol. The standard InChI is InChI=1S/C13H24F3N/c1-3-4-6-10(2)17-12-8-5-7-11(9-12)13(14,15)16/h10-12,17H,3-9H2,1-2H3. The maximum atomic E-state index is 12.6. The molecule has 0 amide bonds. The van der Waals surface area contributed by atoms with E-state index in [0.717, 1.165) is 25.7 Å². The van der Waals surface area contributed by atoms with Crippen molar-refractivity contribution >= 4 is 0 Å². The second-order valence-electron chi connectivity index (χ2n) is 5.31. The Morgan fingerprint density at radius 2 is 2.00 bits per heavy atom. The third-order valence-electron chi connectivity index (χ3n) is 3.65. The third kappa shape index (κ3) is 5.28. The van der Waals surface area contributed by atoms with Crippen LogP contribution in [0, 0.1) is 5.92 Å². The lowest BCUT2D eigenvalue weighted by Crippen LogP contribution is -2.42. The molecule has 3 atom stereocenters. The summed E-state index contributed by atoms with van der Waals surface area (Å²) in [5, 5.41) is 3.36. The van der Waals surface area contributed by atoms with Crippen molar-refractivity contribution in [2.45, 2.75) is 77.1 Å². The van der Waals surface area contributed by atoms with Gasteiger partial charge >= 0.3 is 6.18 Å². The first kappa shape index (κ1) is 14.8. The van der Waals surface area contributed by atoms with Crippen molar-refractivity contribution in [3.8, 4) is 0 Å². The Bertz CT molecular complexity index is 215. The van der Waals surface area contributed by atoms with Gasteiger partial charge in [0.25, 0.3) is 0 Å². The van der Waals surface area contributed by atoms with Gasteiger partial charge in [0, 0.05) is 12.1 Å². The fourth-order valence-electron chi connectivity index (χ4n) is 2.63. The molecule has 0 aromatic heterocycles. The zero-order valence-electron chi connectivity index (χ0n) is 10.8. The van der Waals surface area contributed by atoms with Crippen LogP contribution in [0.2, 0.25) is 0 Å². The van der Waals surface area contributed by atoms with E-state index in [1.165, 1.54) is 0 Å². The fourth-order valence-corrected chi connectivity index (χ4v) is 2.63. The molecular weight excluding hydrogens is 227 g/mol. The van der Waals surface area contributed by atoms with Gasteiger partial charge in [-0.05, 0) is 32.6 Å². The molecule has 0 aliphatic heterocycles. The van der Waals surface area contributed by atoms with Gasteiger partial charge in [-0.2, -0.15) is 13.2 Å². The lowest BCUT2D eigenvalue weighted by atomic mass is 9.85. The molecule has 0 radical (unpaired) electrons. The Morgan fingerprint density at radius 3 is 2.59 bits per heavy atom. The van der Waals surface area contributed by atoms with Crippen molar-refractivity contribution < 1.29 is 13.2 Å². The van der Waals surface area contributed by atoms with Crippen molar-refractivity contribution in [2.75, 3.05) is 0 Å². The van der Waals surface area contributed by atoms with Crippen molar-refractivity contribution in [3.63, 3.8) is 0 Å². The highest BCUT2D eigenvalue weighted by Gasteiger charge is 2.42. The molecule has 1 fully saturated rings. The highest BCUT2D eigenvalue weighted by atomic mass is 19.4. The smallest absolute Gasteiger partial charge is 0.311 e. The quantitative estimate of drug-likeness (QED) is 0.769. The van der Waals surface area contributed by atoms with Crippen LogP contribution >= 0.6 is 0 Å². The van der Waals surface area contributed by atoms with Gasteiger partial charge in [-0.25, -0.2) is 0 Å². The van der Waals surface area contributed by atoms with Crippen LogP contribution in [0.3, 0.4) is 0 Å². The number of halogens is 3. The van der Waals surface area contributed by atoms with Crippen LogP contribution in [0.15, 0.2) is 0 Å². The lowest BCUT2D eigenvalue weighted by molar-refractivity contribution is -0.183. The van der Waals surface area contributed by atoms with Crippen LogP contribution in [0.4, 0.5) is 13.2 Å². The summed E-state index contributed by atoms with van der Waals surface area (Å²) in [6, 6.07) is 0.397. The van der Waals surface area contributed by atoms with Gasteiger partial charge in [-0.3, -0.25) is 0 Å². The van der Waals surface area contributed by atoms with E-state index in [4.69, 9.17) is 0 Å². The van der Waals surface area contributed by atoms with Gasteiger partial charge in [0.2, 0.25) is 0 Å². The number of unbranched alkanes of at least 4 members (excludes halogenated alkanes) is 1. The Morgan fingerprint density at radius 1 is 1.29 bits per heavy atom. The molecule has 0 aromatic rings. The molecule has 1 aliphatic carbocycles. The van der Waals surface area contributed by atoms with Crippen LogP contribution in [0.25, 0.3) is 0 Å². The minimum Gasteiger partial charge on any atom is -0.311 e. The van der Waals surface area contributed by atoms with E-state index in [9.17, 15) is 13.2 Å². The Labute approximate surface area is 102 Å². The summed E-state index contributed by atoms with van der Waals surface area (Å²) in [5.41, 5.74) is 0. The van der Waals surface area contributed by atoms with Gasteiger partial charge in [0.05, 0.1) is 5.92 Å². The molecule has 0 bridgehead atoms. The SMILES string of the molecule is CCCCC(C)NC1CCCC(C(F)(F)F)C1. The molecule has 102 valence electrons. The number of hydrogen-bond donors (Lipinski definition) is 1. The summed E-state index contributed by atoms with van der Waals surface area (Å²) >= 11 is 0. The van der Waals surface area contributed by atoms with E-state index in [1.54, 1.807) is 0 Å². The van der Waals surface area contributed by atoms with Gasteiger partial charge in [0.15, 0.2) is 0 Å². The first-order valence-electron chi connectivity index (χ1n) is 6.76. The summed E-state index contributed by atoms with van der Waals surface area (Å²) in [7, 11) is 0. The topological polar surface area (TPSA) is 12.0 Å². The van der Waals surface area contributed by atoms with E-state index in [2.05, 4.69) is 19.2 Å². The van der Waals surface area contributed by atoms with Gasteiger partial charge in [-0.1, -0.05) is 26.2 Å². The summed E-state index contributed by atoms with van der Waals surface area (Å²) in [6.07, 6.45) is 1.50. The molecule has 0 aromatic carbocycles. The van der Waals surface area contributed by atoms with Gasteiger partial charge < -0.3 is 5.32 Å². The van der Waals surface area contributed by atoms with E-state index in [-0.39, 0.29) is 12.5 Å². The number of rotatable bonds is 5. The Kier molecular flexibility index (Phi) is 5.77. The number of nitrogens with one attached hydrogen (secondary N) is 1. The zero-order chi connectivity index (χ0) is 12.9. The van der Waals surface area contributed by atoms with E-state index < -0.39 is 12.1 Å². The predicted octanol–water partition coefficient (Wildman–Crippen LogP) is 4.28. The summed E-state index contributed by atoms with van der Waals surface area (Å²) < 4.78 is 37.9. The van der Waals surface area contributed by atoms with Gasteiger partial charge in [-0.15, -0.1) is 0 Å². The zero-order valence-corrected chi connectivity index (χ0v) is 10.8. The molecule has 4 heteroatoms. The minimum absolute atomic E-state index is 0.0576. The summed E-state index contributed by atoms with van der Waals surface area (Å²) in [6.45, 7) is 4.21. The fraction of sp³-hybridized carbons (Fsp3) is 1.00. The van der Waals surface area contributed by atoms with E-state index in [1.807, 2.05) is 0 Å². The molecule has 0 spiro atoms. The average molecular weight is 251 g/mol. The molecule has 3 unspecified atom stereocenters. The van der Waals surface area contributed by atoms with E-state index >= 15 is 0 Å². The maximum absolute atomic E-state index is 12.6. The molecule has 17 heavy (non-hydrogen) atoms. The molecule has 1 saturated carbocycles. The second kappa shape index (κ2) is 6.62. The average Bonchev–Trinajstić information content (AvgIpc) is 2.25. The van der Waals surface area contributed by atoms with Crippen LogP contribution in [0.1, 0.15) is 58.8 Å². The van der Waals surface area contributed by atoms with Crippen LogP contribution in [-0.4, -0.2) is 18.3 Å². The monoisotopic (exact) mass is 251 g/mol. The molecule has 1 aliphatic rings. The number of hydrogen-bond acceptors (Lipinski definition) is 1. The minimum atomic E-state index is -4.01. The molecule has 1 rings (SSSR count). The third-order valence-corrected chi connectivity index (χ3v) is 3.65. The first-order chi connectivity index (χ1) is 7.93. The lowest BCUT2D eigenvalue weighted by Gasteiger charge is -2.33. The molecule has 1 nitrogen and oxygen atoms in total. The highest BCUT2D eigenvalue weighted by Crippen LogP contribution is 2.37. The molecule has 0 heterocycles. The first-order valence-corrected chi connectivity index (χ1v) is 6.76. The maximum Gasteiger partial charge on any atom is 0.391 e. The highest BCUT2D eigenvalue weighted by molar-refractivity contribution is 4.83. The second-order valence-corrected chi connectivity index (χ2v) is 5.31. The summed E-state index contributed by atoms with van der Waals surface area (Å²) in [4.78, 5) is 0. The van der Waals surface area contributed by atoms with Gasteiger partial charge in [0.1, 0.15) is 0 Å². The van der Waals surface area contributed by atoms with Crippen molar-refractivity contribution in [1.82, 2.24) is 5.32 Å². The Hall–Kier alpha value is -0.250. The van der Waals surface area contributed by atoms with Crippen LogP contribution in [0.5, 0.6) is 0 Å². The van der Waals surface area contributed by atoms with Crippen molar-refractivity contribution in [2.24, 2.45) is 5.92 Å². The van der Waals surface area contributed by atoms with Crippen LogP contribution < -0.4 is 5.32 Å². The van der Waals surface area contributed by atoms with Crippen molar-refractivity contribution in [3.05, 3.63) is 0 Å².